The average molecular weight is 246 g/mol. The Morgan fingerprint density at radius 2 is 1.64 bits per heavy atom. The molecule has 0 atom stereocenters. The van der Waals surface area contributed by atoms with Crippen LogP contribution in [0.15, 0.2) is 18.7 Å². The second-order valence-corrected chi connectivity index (χ2v) is 3.94. The number of imidazole rings is 1. The van der Waals surface area contributed by atoms with Gasteiger partial charge in [0.25, 0.3) is 0 Å². The number of aromatic nitrogens is 2. The van der Waals surface area contributed by atoms with Crippen molar-refractivity contribution in [3.63, 3.8) is 0 Å². The monoisotopic (exact) mass is 246 g/mol. The van der Waals surface area contributed by atoms with Crippen LogP contribution in [-0.4, -0.2) is 35.9 Å². The Hall–Kier alpha value is -1.01. The van der Waals surface area contributed by atoms with E-state index < -0.39 is 20.8 Å². The van der Waals surface area contributed by atoms with Gasteiger partial charge in [-0.15, -0.1) is 3.63 Å². The van der Waals surface area contributed by atoms with Crippen LogP contribution in [0.3, 0.4) is 0 Å². The van der Waals surface area contributed by atoms with Crippen LogP contribution in [0.25, 0.3) is 0 Å². The lowest BCUT2D eigenvalue weighted by Crippen LogP contribution is -2.10. The van der Waals surface area contributed by atoms with Crippen molar-refractivity contribution in [1.82, 2.24) is 9.97 Å². The first-order valence-electron chi connectivity index (χ1n) is 2.79. The maximum Gasteiger partial charge on any atom is 0.413 e. The van der Waals surface area contributed by atoms with Crippen molar-refractivity contribution in [2.24, 2.45) is 0 Å². The number of hydrogen-bond acceptors (Lipinski definition) is 6. The van der Waals surface area contributed by atoms with Gasteiger partial charge in [0.05, 0.1) is 6.33 Å². The van der Waals surface area contributed by atoms with Crippen LogP contribution in [0.1, 0.15) is 0 Å². The van der Waals surface area contributed by atoms with Crippen LogP contribution < -0.4 is 0 Å². The number of rotatable bonds is 2. The second kappa shape index (κ2) is 5.02. The minimum Gasteiger partial charge on any atom is -0.351 e. The number of H-pyrrole nitrogens is 1. The molecular weight excluding hydrogens is 240 g/mol. The normalized spacial score (nSPS) is 11.6. The molecular formula is C3H6N2O7S2. The standard InChI is InChI=1S/C3H4N2.H2O7S2/c1-2-5-3-4-1;1-8(2,3)7-9(4,5)6/h1-3H,(H,4,5);(H,1,2,3)(H,4,5,6). The van der Waals surface area contributed by atoms with E-state index in [2.05, 4.69) is 13.6 Å². The number of nitrogens with zero attached hydrogens (tertiary/aromatic N) is 1. The zero-order valence-corrected chi connectivity index (χ0v) is 8.06. The quantitative estimate of drug-likeness (QED) is 0.564. The Morgan fingerprint density at radius 3 is 1.71 bits per heavy atom. The molecule has 0 aliphatic rings. The molecule has 1 aromatic rings. The van der Waals surface area contributed by atoms with E-state index in [-0.39, 0.29) is 0 Å². The summed E-state index contributed by atoms with van der Waals surface area (Å²) in [6.07, 6.45) is 5.08. The maximum atomic E-state index is 9.44. The van der Waals surface area contributed by atoms with Gasteiger partial charge in [-0.05, 0) is 0 Å². The molecule has 0 fully saturated rings. The zero-order valence-electron chi connectivity index (χ0n) is 6.43. The van der Waals surface area contributed by atoms with E-state index in [9.17, 15) is 16.8 Å². The van der Waals surface area contributed by atoms with Gasteiger partial charge in [-0.1, -0.05) is 0 Å². The summed E-state index contributed by atoms with van der Waals surface area (Å²) in [5, 5.41) is 0. The topological polar surface area (TPSA) is 147 Å². The molecule has 0 aliphatic heterocycles. The minimum atomic E-state index is -5.12. The predicted molar refractivity (Wildman–Crippen MR) is 42.8 cm³/mol. The van der Waals surface area contributed by atoms with Gasteiger partial charge in [-0.3, -0.25) is 9.11 Å². The third-order valence-corrected chi connectivity index (χ3v) is 1.95. The fourth-order valence-corrected chi connectivity index (χ4v) is 1.19. The summed E-state index contributed by atoms with van der Waals surface area (Å²) < 4.78 is 55.6. The summed E-state index contributed by atoms with van der Waals surface area (Å²) in [5.74, 6) is 0. The summed E-state index contributed by atoms with van der Waals surface area (Å²) in [4.78, 5) is 6.42. The number of nitrogens with one attached hydrogen (secondary N) is 1. The molecule has 0 saturated carbocycles. The molecule has 0 spiro atoms. The SMILES string of the molecule is O=S(=O)(O)OS(=O)(=O)O.c1c[nH]cn1. The van der Waals surface area contributed by atoms with E-state index in [1.54, 1.807) is 18.7 Å². The summed E-state index contributed by atoms with van der Waals surface area (Å²) >= 11 is 0. The van der Waals surface area contributed by atoms with E-state index in [0.29, 0.717) is 0 Å². The highest BCUT2D eigenvalue weighted by Gasteiger charge is 2.15. The van der Waals surface area contributed by atoms with E-state index in [0.717, 1.165) is 0 Å². The highest BCUT2D eigenvalue weighted by molar-refractivity contribution is 7.94. The molecule has 0 amide bonds. The van der Waals surface area contributed by atoms with Gasteiger partial charge in [0, 0.05) is 12.4 Å². The van der Waals surface area contributed by atoms with Gasteiger partial charge >= 0.3 is 20.8 Å². The highest BCUT2D eigenvalue weighted by atomic mass is 32.3. The predicted octanol–water partition coefficient (Wildman–Crippen LogP) is -0.982. The van der Waals surface area contributed by atoms with Crippen molar-refractivity contribution >= 4 is 20.8 Å². The second-order valence-electron chi connectivity index (χ2n) is 1.68. The van der Waals surface area contributed by atoms with E-state index >= 15 is 0 Å². The van der Waals surface area contributed by atoms with Crippen LogP contribution in [0.2, 0.25) is 0 Å². The fraction of sp³-hybridized carbons (Fsp3) is 0. The van der Waals surface area contributed by atoms with Crippen LogP contribution >= 0.6 is 0 Å². The minimum absolute atomic E-state index is 1.62. The van der Waals surface area contributed by atoms with Crippen molar-refractivity contribution in [3.8, 4) is 0 Å². The molecule has 0 aliphatic carbocycles. The van der Waals surface area contributed by atoms with Crippen molar-refractivity contribution in [3.05, 3.63) is 18.7 Å². The highest BCUT2D eigenvalue weighted by Crippen LogP contribution is 1.91. The first-order valence-corrected chi connectivity index (χ1v) is 5.52. The molecule has 0 bridgehead atoms. The molecule has 3 N–H and O–H groups in total. The molecule has 0 unspecified atom stereocenters. The van der Waals surface area contributed by atoms with E-state index in [1.165, 1.54) is 0 Å². The maximum absolute atomic E-state index is 9.44. The fourth-order valence-electron chi connectivity index (χ4n) is 0.324. The van der Waals surface area contributed by atoms with Gasteiger partial charge in [0.15, 0.2) is 0 Å². The van der Waals surface area contributed by atoms with Crippen LogP contribution in [0.5, 0.6) is 0 Å². The van der Waals surface area contributed by atoms with Gasteiger partial charge < -0.3 is 4.98 Å². The third-order valence-electron chi connectivity index (χ3n) is 0.578. The summed E-state index contributed by atoms with van der Waals surface area (Å²) in [5.41, 5.74) is 0. The first kappa shape index (κ1) is 13.0. The lowest BCUT2D eigenvalue weighted by Gasteiger charge is -1.89. The van der Waals surface area contributed by atoms with E-state index in [1.807, 2.05) is 0 Å². The van der Waals surface area contributed by atoms with Gasteiger partial charge in [-0.25, -0.2) is 4.98 Å². The molecule has 0 aromatic carbocycles. The smallest absolute Gasteiger partial charge is 0.351 e. The zero-order chi connectivity index (χ0) is 11.2. The Bertz CT molecular complexity index is 384. The molecule has 14 heavy (non-hydrogen) atoms. The molecule has 1 rings (SSSR count). The van der Waals surface area contributed by atoms with E-state index in [4.69, 9.17) is 9.11 Å². The Labute approximate surface area is 79.7 Å². The van der Waals surface area contributed by atoms with Crippen LogP contribution in [0.4, 0.5) is 0 Å². The average Bonchev–Trinajstić information content (AvgIpc) is 2.29. The summed E-state index contributed by atoms with van der Waals surface area (Å²) in [6, 6.07) is 0. The van der Waals surface area contributed by atoms with Crippen molar-refractivity contribution < 1.29 is 29.6 Å². The Morgan fingerprint density at radius 1 is 1.14 bits per heavy atom. The molecule has 82 valence electrons. The Kier molecular flexibility index (Phi) is 4.65. The lowest BCUT2D eigenvalue weighted by molar-refractivity contribution is 0.344. The number of aromatic amines is 1. The summed E-state index contributed by atoms with van der Waals surface area (Å²) in [6.45, 7) is 0. The number of hydrogen-bond donors (Lipinski definition) is 3. The molecule has 1 heterocycles. The molecule has 11 heteroatoms. The third kappa shape index (κ3) is 11.0. The largest absolute Gasteiger partial charge is 0.413 e. The van der Waals surface area contributed by atoms with Crippen molar-refractivity contribution in [2.75, 3.05) is 0 Å². The van der Waals surface area contributed by atoms with Gasteiger partial charge in [0.2, 0.25) is 0 Å². The lowest BCUT2D eigenvalue weighted by atomic mass is 11.0. The molecule has 9 nitrogen and oxygen atoms in total. The summed E-state index contributed by atoms with van der Waals surface area (Å²) in [7, 11) is -10.2. The molecule has 1 aromatic heterocycles. The van der Waals surface area contributed by atoms with Crippen LogP contribution in [0, 0.1) is 0 Å². The van der Waals surface area contributed by atoms with Gasteiger partial charge in [-0.2, -0.15) is 16.8 Å². The Balaban J connectivity index is 0.000000280. The molecule has 0 saturated heterocycles. The molecule has 0 radical (unpaired) electrons. The van der Waals surface area contributed by atoms with Gasteiger partial charge in [0.1, 0.15) is 0 Å². The van der Waals surface area contributed by atoms with Crippen molar-refractivity contribution in [2.45, 2.75) is 0 Å². The van der Waals surface area contributed by atoms with Crippen molar-refractivity contribution in [1.29, 1.82) is 0 Å². The van der Waals surface area contributed by atoms with Crippen LogP contribution in [-0.2, 0) is 24.4 Å². The first-order chi connectivity index (χ1) is 6.21.